The van der Waals surface area contributed by atoms with Crippen LogP contribution in [-0.4, -0.2) is 43.7 Å². The topological polar surface area (TPSA) is 95.6 Å². The van der Waals surface area contributed by atoms with Crippen LogP contribution in [0.1, 0.15) is 33.1 Å². The molecule has 3 unspecified atom stereocenters. The van der Waals surface area contributed by atoms with Crippen LogP contribution in [-0.2, 0) is 19.8 Å². The number of rotatable bonds is 3. The Balaban J connectivity index is 2.03. The third-order valence-electron chi connectivity index (χ3n) is 3.71. The average molecular weight is 303 g/mol. The van der Waals surface area contributed by atoms with Crippen molar-refractivity contribution >= 4 is 22.0 Å². The van der Waals surface area contributed by atoms with E-state index in [4.69, 9.17) is 0 Å². The molecule has 2 saturated heterocycles. The minimum absolute atomic E-state index is 0.158. The molecular weight excluding hydrogens is 282 g/mol. The Kier molecular flexibility index (Phi) is 4.46. The Labute approximate surface area is 119 Å². The van der Waals surface area contributed by atoms with Crippen molar-refractivity contribution < 1.29 is 18.0 Å². The molecule has 2 heterocycles. The summed E-state index contributed by atoms with van der Waals surface area (Å²) in [5.74, 6) is -0.317. The van der Waals surface area contributed by atoms with Crippen LogP contribution in [0.5, 0.6) is 0 Å². The molecule has 0 aromatic carbocycles. The minimum Gasteiger partial charge on any atom is -0.295 e. The first-order valence-corrected chi connectivity index (χ1v) is 8.33. The van der Waals surface area contributed by atoms with E-state index in [-0.39, 0.29) is 18.7 Å². The molecule has 114 valence electrons. The molecule has 0 bridgehead atoms. The van der Waals surface area contributed by atoms with Crippen LogP contribution >= 0.6 is 0 Å². The van der Waals surface area contributed by atoms with Gasteiger partial charge in [0.25, 0.3) is 10.2 Å². The van der Waals surface area contributed by atoms with E-state index in [9.17, 15) is 18.0 Å². The number of carbonyl (C=O) groups is 2. The van der Waals surface area contributed by atoms with Gasteiger partial charge < -0.3 is 0 Å². The van der Waals surface area contributed by atoms with Crippen LogP contribution < -0.4 is 10.0 Å². The minimum atomic E-state index is -3.69. The van der Waals surface area contributed by atoms with Gasteiger partial charge in [0.1, 0.15) is 6.04 Å². The summed E-state index contributed by atoms with van der Waals surface area (Å²) >= 11 is 0. The normalized spacial score (nSPS) is 33.0. The smallest absolute Gasteiger partial charge is 0.280 e. The molecule has 3 atom stereocenters. The summed E-state index contributed by atoms with van der Waals surface area (Å²) in [5.41, 5.74) is 0. The van der Waals surface area contributed by atoms with Gasteiger partial charge in [-0.15, -0.1) is 0 Å². The molecule has 20 heavy (non-hydrogen) atoms. The standard InChI is InChI=1S/C12H21N3O4S/c1-8-5-9(2)7-15(6-8)20(18,19)14-10-3-4-11(16)13-12(10)17/h8-10,14H,3-7H2,1-2H3,(H,13,16,17). The van der Waals surface area contributed by atoms with Crippen LogP contribution in [0.3, 0.4) is 0 Å². The van der Waals surface area contributed by atoms with Crippen molar-refractivity contribution in [1.29, 1.82) is 0 Å². The summed E-state index contributed by atoms with van der Waals surface area (Å²) in [6.45, 7) is 4.97. The number of carbonyl (C=O) groups excluding carboxylic acids is 2. The summed E-state index contributed by atoms with van der Waals surface area (Å²) in [4.78, 5) is 22.7. The Morgan fingerprint density at radius 3 is 2.35 bits per heavy atom. The highest BCUT2D eigenvalue weighted by molar-refractivity contribution is 7.87. The Morgan fingerprint density at radius 1 is 1.20 bits per heavy atom. The zero-order chi connectivity index (χ0) is 14.9. The highest BCUT2D eigenvalue weighted by Crippen LogP contribution is 2.23. The second-order valence-electron chi connectivity index (χ2n) is 5.89. The van der Waals surface area contributed by atoms with Gasteiger partial charge in [-0.25, -0.2) is 0 Å². The summed E-state index contributed by atoms with van der Waals surface area (Å²) in [6.07, 6.45) is 1.37. The highest BCUT2D eigenvalue weighted by Gasteiger charge is 2.35. The van der Waals surface area contributed by atoms with Gasteiger partial charge >= 0.3 is 0 Å². The predicted molar refractivity (Wildman–Crippen MR) is 72.7 cm³/mol. The molecule has 0 radical (unpaired) electrons. The van der Waals surface area contributed by atoms with E-state index >= 15 is 0 Å². The molecule has 2 N–H and O–H groups in total. The Bertz CT molecular complexity index is 495. The van der Waals surface area contributed by atoms with Crippen molar-refractivity contribution in [3.63, 3.8) is 0 Å². The summed E-state index contributed by atoms with van der Waals surface area (Å²) < 4.78 is 28.5. The largest absolute Gasteiger partial charge is 0.295 e. The summed E-state index contributed by atoms with van der Waals surface area (Å²) in [6, 6.07) is -0.856. The van der Waals surface area contributed by atoms with Crippen molar-refractivity contribution in [2.75, 3.05) is 13.1 Å². The maximum atomic E-state index is 12.3. The van der Waals surface area contributed by atoms with Gasteiger partial charge in [0.15, 0.2) is 0 Å². The van der Waals surface area contributed by atoms with Gasteiger partial charge in [0.2, 0.25) is 11.8 Å². The molecule has 2 aliphatic heterocycles. The predicted octanol–water partition coefficient (Wildman–Crippen LogP) is -0.396. The van der Waals surface area contributed by atoms with E-state index in [1.54, 1.807) is 0 Å². The van der Waals surface area contributed by atoms with Crippen molar-refractivity contribution in [3.8, 4) is 0 Å². The quantitative estimate of drug-likeness (QED) is 0.694. The Hall–Kier alpha value is -0.990. The summed E-state index contributed by atoms with van der Waals surface area (Å²) in [5, 5.41) is 2.15. The lowest BCUT2D eigenvalue weighted by Crippen LogP contribution is -2.56. The van der Waals surface area contributed by atoms with Gasteiger partial charge in [-0.1, -0.05) is 13.8 Å². The van der Waals surface area contributed by atoms with E-state index < -0.39 is 22.2 Å². The van der Waals surface area contributed by atoms with E-state index in [0.29, 0.717) is 24.9 Å². The molecule has 0 spiro atoms. The van der Waals surface area contributed by atoms with Crippen molar-refractivity contribution in [2.24, 2.45) is 11.8 Å². The van der Waals surface area contributed by atoms with Gasteiger partial charge in [-0.05, 0) is 24.7 Å². The van der Waals surface area contributed by atoms with Crippen LogP contribution in [0.15, 0.2) is 0 Å². The van der Waals surface area contributed by atoms with Crippen LogP contribution in [0, 0.1) is 11.8 Å². The fraction of sp³-hybridized carbons (Fsp3) is 0.833. The van der Waals surface area contributed by atoms with Gasteiger partial charge in [0, 0.05) is 19.5 Å². The molecule has 8 heteroatoms. The highest BCUT2D eigenvalue weighted by atomic mass is 32.2. The third kappa shape index (κ3) is 3.56. The molecule has 0 aliphatic carbocycles. The van der Waals surface area contributed by atoms with E-state index in [1.165, 1.54) is 4.31 Å². The number of piperidine rings is 2. The molecule has 2 rings (SSSR count). The molecule has 0 saturated carbocycles. The lowest BCUT2D eigenvalue weighted by atomic mass is 9.94. The molecular formula is C12H21N3O4S. The first-order valence-electron chi connectivity index (χ1n) is 6.89. The van der Waals surface area contributed by atoms with Crippen LogP contribution in [0.25, 0.3) is 0 Å². The lowest BCUT2D eigenvalue weighted by molar-refractivity contribution is -0.134. The molecule has 0 aromatic heterocycles. The molecule has 2 fully saturated rings. The molecule has 7 nitrogen and oxygen atoms in total. The van der Waals surface area contributed by atoms with Gasteiger partial charge in [-0.2, -0.15) is 17.4 Å². The number of nitrogens with one attached hydrogen (secondary N) is 2. The zero-order valence-electron chi connectivity index (χ0n) is 11.8. The lowest BCUT2D eigenvalue weighted by Gasteiger charge is -2.35. The number of hydrogen-bond donors (Lipinski definition) is 2. The molecule has 2 aliphatic rings. The monoisotopic (exact) mass is 303 g/mol. The fourth-order valence-electron chi connectivity index (χ4n) is 2.86. The van der Waals surface area contributed by atoms with Gasteiger partial charge in [0.05, 0.1) is 0 Å². The first kappa shape index (κ1) is 15.4. The summed E-state index contributed by atoms with van der Waals surface area (Å²) in [7, 11) is -3.69. The Morgan fingerprint density at radius 2 is 1.80 bits per heavy atom. The number of nitrogens with zero attached hydrogens (tertiary/aromatic N) is 1. The van der Waals surface area contributed by atoms with Crippen molar-refractivity contribution in [1.82, 2.24) is 14.3 Å². The first-order chi connectivity index (χ1) is 9.28. The fourth-order valence-corrected chi connectivity index (χ4v) is 4.50. The third-order valence-corrected chi connectivity index (χ3v) is 5.27. The van der Waals surface area contributed by atoms with Crippen molar-refractivity contribution in [3.05, 3.63) is 0 Å². The molecule has 2 amide bonds. The second kappa shape index (κ2) is 5.79. The van der Waals surface area contributed by atoms with Gasteiger partial charge in [-0.3, -0.25) is 14.9 Å². The zero-order valence-corrected chi connectivity index (χ0v) is 12.6. The van der Waals surface area contributed by atoms with E-state index in [2.05, 4.69) is 10.0 Å². The van der Waals surface area contributed by atoms with E-state index in [1.807, 2.05) is 13.8 Å². The van der Waals surface area contributed by atoms with E-state index in [0.717, 1.165) is 6.42 Å². The average Bonchev–Trinajstić information content (AvgIpc) is 2.31. The number of imide groups is 1. The molecule has 0 aromatic rings. The second-order valence-corrected chi connectivity index (χ2v) is 7.59. The SMILES string of the molecule is CC1CC(C)CN(S(=O)(=O)NC2CCC(=O)NC2=O)C1. The maximum Gasteiger partial charge on any atom is 0.280 e. The van der Waals surface area contributed by atoms with Crippen LogP contribution in [0.2, 0.25) is 0 Å². The van der Waals surface area contributed by atoms with Crippen LogP contribution in [0.4, 0.5) is 0 Å². The van der Waals surface area contributed by atoms with Crippen molar-refractivity contribution in [2.45, 2.75) is 39.2 Å². The number of hydrogen-bond acceptors (Lipinski definition) is 4. The maximum absolute atomic E-state index is 12.3. The number of amides is 2.